The summed E-state index contributed by atoms with van der Waals surface area (Å²) in [6.45, 7) is 2.70. The number of nitrogens with one attached hydrogen (secondary N) is 1. The van der Waals surface area contributed by atoms with Gasteiger partial charge in [-0.25, -0.2) is 18.1 Å². The molecule has 0 amide bonds. The number of fused-ring (bicyclic) bond motifs is 1. The van der Waals surface area contributed by atoms with Crippen LogP contribution in [0.5, 0.6) is 0 Å². The second kappa shape index (κ2) is 7.33. The van der Waals surface area contributed by atoms with Crippen molar-refractivity contribution in [3.8, 4) is 0 Å². The fraction of sp³-hybridized carbons (Fsp3) is 0.235. The Bertz CT molecular complexity index is 1020. The van der Waals surface area contributed by atoms with Crippen LogP contribution in [0.2, 0.25) is 10.0 Å². The first-order valence-electron chi connectivity index (χ1n) is 7.73. The van der Waals surface area contributed by atoms with Crippen LogP contribution in [0.25, 0.3) is 11.0 Å². The molecule has 25 heavy (non-hydrogen) atoms. The normalized spacial score (nSPS) is 12.0. The van der Waals surface area contributed by atoms with Gasteiger partial charge in [-0.05, 0) is 49.2 Å². The molecule has 0 radical (unpaired) electrons. The van der Waals surface area contributed by atoms with E-state index in [1.54, 1.807) is 13.1 Å². The molecule has 0 saturated carbocycles. The minimum absolute atomic E-state index is 0.0455. The summed E-state index contributed by atoms with van der Waals surface area (Å²) in [5.41, 5.74) is 1.55. The van der Waals surface area contributed by atoms with Crippen LogP contribution in [-0.4, -0.2) is 24.5 Å². The third kappa shape index (κ3) is 3.98. The second-order valence-electron chi connectivity index (χ2n) is 5.71. The average Bonchev–Trinajstić information content (AvgIpc) is 2.98. The minimum Gasteiger partial charge on any atom is -0.332 e. The number of rotatable bonds is 6. The van der Waals surface area contributed by atoms with Gasteiger partial charge in [0.2, 0.25) is 10.0 Å². The number of halogens is 2. The number of aromatic nitrogens is 2. The maximum absolute atomic E-state index is 12.4. The zero-order valence-electron chi connectivity index (χ0n) is 13.5. The van der Waals surface area contributed by atoms with Gasteiger partial charge in [0.1, 0.15) is 10.5 Å². The minimum atomic E-state index is -3.68. The lowest BCUT2D eigenvalue weighted by Gasteiger charge is -2.10. The largest absolute Gasteiger partial charge is 0.332 e. The summed E-state index contributed by atoms with van der Waals surface area (Å²) in [5.74, 6) is 0. The zero-order chi connectivity index (χ0) is 18.0. The molecule has 1 N–H and O–H groups in total. The van der Waals surface area contributed by atoms with E-state index in [1.807, 2.05) is 29.0 Å². The Balaban J connectivity index is 1.64. The molecule has 132 valence electrons. The molecule has 0 aliphatic carbocycles. The van der Waals surface area contributed by atoms with Crippen molar-refractivity contribution in [1.82, 2.24) is 14.3 Å². The van der Waals surface area contributed by atoms with Gasteiger partial charge in [0.05, 0.1) is 5.02 Å². The smallest absolute Gasteiger partial charge is 0.242 e. The number of aryl methyl sites for hydroxylation is 2. The molecular weight excluding hydrogens is 381 g/mol. The summed E-state index contributed by atoms with van der Waals surface area (Å²) in [4.78, 5) is 4.39. The van der Waals surface area contributed by atoms with Crippen LogP contribution < -0.4 is 4.72 Å². The molecule has 0 unspecified atom stereocenters. The first-order valence-corrected chi connectivity index (χ1v) is 9.97. The number of pyridine rings is 1. The van der Waals surface area contributed by atoms with E-state index >= 15 is 0 Å². The fourth-order valence-electron chi connectivity index (χ4n) is 2.57. The molecule has 0 atom stereocenters. The van der Waals surface area contributed by atoms with Gasteiger partial charge in [-0.2, -0.15) is 0 Å². The van der Waals surface area contributed by atoms with Crippen molar-refractivity contribution in [1.29, 1.82) is 0 Å². The molecule has 0 fully saturated rings. The van der Waals surface area contributed by atoms with Crippen LogP contribution in [0.4, 0.5) is 0 Å². The molecule has 2 aromatic heterocycles. The van der Waals surface area contributed by atoms with Crippen LogP contribution in [0.15, 0.2) is 47.6 Å². The Morgan fingerprint density at radius 2 is 2.00 bits per heavy atom. The van der Waals surface area contributed by atoms with E-state index in [1.165, 1.54) is 12.1 Å². The molecule has 0 saturated heterocycles. The zero-order valence-corrected chi connectivity index (χ0v) is 15.9. The standard InChI is InChI=1S/C17H17Cl2N3O2S/c1-12-10-16(15(19)11-14(12)18)25(23,24)21-7-3-8-22-9-5-13-4-2-6-20-17(13)22/h2,4-6,9-11,21H,3,7-8H2,1H3. The van der Waals surface area contributed by atoms with Crippen molar-refractivity contribution in [2.45, 2.75) is 24.8 Å². The molecular formula is C17H17Cl2N3O2S. The van der Waals surface area contributed by atoms with Gasteiger partial charge in [-0.1, -0.05) is 23.2 Å². The van der Waals surface area contributed by atoms with Crippen LogP contribution in [-0.2, 0) is 16.6 Å². The summed E-state index contributed by atoms with van der Waals surface area (Å²) in [6.07, 6.45) is 4.32. The second-order valence-corrected chi connectivity index (χ2v) is 8.26. The molecule has 2 heterocycles. The van der Waals surface area contributed by atoms with Crippen LogP contribution >= 0.6 is 23.2 Å². The van der Waals surface area contributed by atoms with Gasteiger partial charge in [0, 0.05) is 35.9 Å². The average molecular weight is 398 g/mol. The predicted molar refractivity (Wildman–Crippen MR) is 101 cm³/mol. The molecule has 3 aromatic rings. The summed E-state index contributed by atoms with van der Waals surface area (Å²) in [6, 6.07) is 8.80. The lowest BCUT2D eigenvalue weighted by molar-refractivity contribution is 0.571. The molecule has 1 aromatic carbocycles. The van der Waals surface area contributed by atoms with Crippen molar-refractivity contribution < 1.29 is 8.42 Å². The lowest BCUT2D eigenvalue weighted by atomic mass is 10.2. The van der Waals surface area contributed by atoms with E-state index in [9.17, 15) is 8.42 Å². The van der Waals surface area contributed by atoms with Crippen molar-refractivity contribution in [2.75, 3.05) is 6.54 Å². The molecule has 8 heteroatoms. The predicted octanol–water partition coefficient (Wildman–Crippen LogP) is 4.02. The third-order valence-corrected chi connectivity index (χ3v) is 6.23. The SMILES string of the molecule is Cc1cc(S(=O)(=O)NCCCn2ccc3cccnc32)c(Cl)cc1Cl. The Hall–Kier alpha value is -1.60. The fourth-order valence-corrected chi connectivity index (χ4v) is 4.48. The summed E-state index contributed by atoms with van der Waals surface area (Å²) < 4.78 is 29.5. The maximum atomic E-state index is 12.4. The molecule has 3 rings (SSSR count). The monoisotopic (exact) mass is 397 g/mol. The molecule has 5 nitrogen and oxygen atoms in total. The highest BCUT2D eigenvalue weighted by molar-refractivity contribution is 7.89. The third-order valence-electron chi connectivity index (χ3n) is 3.89. The van der Waals surface area contributed by atoms with Crippen LogP contribution in [0, 0.1) is 6.92 Å². The van der Waals surface area contributed by atoms with E-state index in [0.717, 1.165) is 11.0 Å². The molecule has 0 spiro atoms. The highest BCUT2D eigenvalue weighted by atomic mass is 35.5. The van der Waals surface area contributed by atoms with E-state index in [4.69, 9.17) is 23.2 Å². The first kappa shape index (κ1) is 18.2. The van der Waals surface area contributed by atoms with Gasteiger partial charge in [-0.15, -0.1) is 0 Å². The Morgan fingerprint density at radius 3 is 2.80 bits per heavy atom. The van der Waals surface area contributed by atoms with Crippen molar-refractivity contribution in [3.63, 3.8) is 0 Å². The number of hydrogen-bond acceptors (Lipinski definition) is 3. The number of sulfonamides is 1. The number of benzene rings is 1. The molecule has 0 aliphatic rings. The Labute approximate surface area is 156 Å². The quantitative estimate of drug-likeness (QED) is 0.638. The van der Waals surface area contributed by atoms with Gasteiger partial charge in [0.15, 0.2) is 0 Å². The van der Waals surface area contributed by atoms with Crippen LogP contribution in [0.1, 0.15) is 12.0 Å². The van der Waals surface area contributed by atoms with Gasteiger partial charge >= 0.3 is 0 Å². The van der Waals surface area contributed by atoms with E-state index < -0.39 is 10.0 Å². The van der Waals surface area contributed by atoms with E-state index in [-0.39, 0.29) is 9.92 Å². The summed E-state index contributed by atoms with van der Waals surface area (Å²) >= 11 is 12.0. The van der Waals surface area contributed by atoms with Gasteiger partial charge in [0.25, 0.3) is 0 Å². The van der Waals surface area contributed by atoms with E-state index in [0.29, 0.717) is 30.1 Å². The number of nitrogens with zero attached hydrogens (tertiary/aromatic N) is 2. The number of hydrogen-bond donors (Lipinski definition) is 1. The topological polar surface area (TPSA) is 64.0 Å². The highest BCUT2D eigenvalue weighted by Crippen LogP contribution is 2.28. The van der Waals surface area contributed by atoms with Gasteiger partial charge < -0.3 is 4.57 Å². The molecule has 0 bridgehead atoms. The van der Waals surface area contributed by atoms with E-state index in [2.05, 4.69) is 9.71 Å². The maximum Gasteiger partial charge on any atom is 0.242 e. The van der Waals surface area contributed by atoms with Crippen LogP contribution in [0.3, 0.4) is 0 Å². The lowest BCUT2D eigenvalue weighted by Crippen LogP contribution is -2.26. The summed E-state index contributed by atoms with van der Waals surface area (Å²) in [7, 11) is -3.68. The molecule has 0 aliphatic heterocycles. The van der Waals surface area contributed by atoms with Crippen molar-refractivity contribution >= 4 is 44.3 Å². The van der Waals surface area contributed by atoms with Crippen molar-refractivity contribution in [3.05, 3.63) is 58.3 Å². The first-order chi connectivity index (χ1) is 11.9. The highest BCUT2D eigenvalue weighted by Gasteiger charge is 2.18. The van der Waals surface area contributed by atoms with Crippen molar-refractivity contribution in [2.24, 2.45) is 0 Å². The Kier molecular flexibility index (Phi) is 5.34. The van der Waals surface area contributed by atoms with Gasteiger partial charge in [-0.3, -0.25) is 0 Å². The Morgan fingerprint density at radius 1 is 1.20 bits per heavy atom. The summed E-state index contributed by atoms with van der Waals surface area (Å²) in [5, 5.41) is 1.62.